The molecule has 0 spiro atoms. The van der Waals surface area contributed by atoms with Crippen molar-refractivity contribution in [3.8, 4) is 0 Å². The fourth-order valence-electron chi connectivity index (χ4n) is 1.95. The number of rotatable bonds is 6. The number of anilines is 1. The van der Waals surface area contributed by atoms with E-state index in [4.69, 9.17) is 0 Å². The van der Waals surface area contributed by atoms with E-state index >= 15 is 0 Å². The molecule has 7 heteroatoms. The van der Waals surface area contributed by atoms with Gasteiger partial charge in [-0.2, -0.15) is 0 Å². The summed E-state index contributed by atoms with van der Waals surface area (Å²) in [6, 6.07) is 14.6. The van der Waals surface area contributed by atoms with Gasteiger partial charge in [0.15, 0.2) is 0 Å². The molecule has 0 heterocycles. The van der Waals surface area contributed by atoms with Gasteiger partial charge < -0.3 is 10.6 Å². The Morgan fingerprint density at radius 1 is 1.00 bits per heavy atom. The van der Waals surface area contributed by atoms with Crippen molar-refractivity contribution in [2.75, 3.05) is 17.6 Å². The Morgan fingerprint density at radius 3 is 2.46 bits per heavy atom. The van der Waals surface area contributed by atoms with E-state index < -0.39 is 28.4 Å². The monoisotopic (exact) mass is 348 g/mol. The molecule has 2 rings (SSSR count). The summed E-state index contributed by atoms with van der Waals surface area (Å²) in [4.78, 5) is 23.3. The minimum atomic E-state index is -1.14. The number of hydrogen-bond acceptors (Lipinski definition) is 3. The largest absolute Gasteiger partial charge is 0.347 e. The highest BCUT2D eigenvalue weighted by molar-refractivity contribution is 7.84. The number of amides is 2. The van der Waals surface area contributed by atoms with Crippen molar-refractivity contribution in [3.05, 3.63) is 66.0 Å². The summed E-state index contributed by atoms with van der Waals surface area (Å²) in [5.41, 5.74) is 1.15. The Balaban J connectivity index is 1.72. The van der Waals surface area contributed by atoms with Crippen LogP contribution in [0.5, 0.6) is 0 Å². The molecule has 0 unspecified atom stereocenters. The predicted octanol–water partition coefficient (Wildman–Crippen LogP) is 1.83. The average molecular weight is 348 g/mol. The van der Waals surface area contributed by atoms with E-state index in [-0.39, 0.29) is 18.0 Å². The van der Waals surface area contributed by atoms with E-state index in [2.05, 4.69) is 10.6 Å². The van der Waals surface area contributed by atoms with E-state index in [0.717, 1.165) is 11.6 Å². The molecule has 1 atom stereocenters. The average Bonchev–Trinajstić information content (AvgIpc) is 2.55. The zero-order chi connectivity index (χ0) is 17.4. The van der Waals surface area contributed by atoms with Crippen LogP contribution in [0.3, 0.4) is 0 Å². The van der Waals surface area contributed by atoms with Gasteiger partial charge in [-0.1, -0.05) is 36.4 Å². The highest BCUT2D eigenvalue weighted by atomic mass is 32.2. The van der Waals surface area contributed by atoms with E-state index in [0.29, 0.717) is 5.75 Å². The smallest absolute Gasteiger partial charge is 0.313 e. The molecule has 0 saturated heterocycles. The van der Waals surface area contributed by atoms with Gasteiger partial charge in [-0.3, -0.25) is 13.8 Å². The fraction of sp³-hybridized carbons (Fsp3) is 0.176. The molecule has 2 aromatic rings. The molecule has 0 aliphatic rings. The Morgan fingerprint density at radius 2 is 1.75 bits per heavy atom. The molecule has 5 nitrogen and oxygen atoms in total. The maximum absolute atomic E-state index is 13.0. The summed E-state index contributed by atoms with van der Waals surface area (Å²) in [5, 5.41) is 4.69. The number of carbonyl (C=O) groups excluding carboxylic acids is 2. The summed E-state index contributed by atoms with van der Waals surface area (Å²) in [7, 11) is -1.14. The van der Waals surface area contributed by atoms with Crippen LogP contribution >= 0.6 is 0 Å². The normalized spacial score (nSPS) is 11.5. The van der Waals surface area contributed by atoms with Crippen molar-refractivity contribution in [2.24, 2.45) is 0 Å². The standard InChI is InChI=1S/C17H17FN2O3S/c18-14-7-4-8-15(11-14)20-17(22)16(21)19-9-10-24(23)12-13-5-2-1-3-6-13/h1-8,11H,9-10,12H2,(H,19,21)(H,20,22)/t24-/m1/s1. The molecule has 0 radical (unpaired) electrons. The molecule has 0 bridgehead atoms. The van der Waals surface area contributed by atoms with Crippen LogP contribution in [0.25, 0.3) is 0 Å². The number of benzene rings is 2. The van der Waals surface area contributed by atoms with Crippen LogP contribution in [0.15, 0.2) is 54.6 Å². The molecule has 24 heavy (non-hydrogen) atoms. The first kappa shape index (κ1) is 17.8. The molecular weight excluding hydrogens is 331 g/mol. The Hall–Kier alpha value is -2.54. The van der Waals surface area contributed by atoms with E-state index in [1.54, 1.807) is 0 Å². The summed E-state index contributed by atoms with van der Waals surface area (Å²) >= 11 is 0. The lowest BCUT2D eigenvalue weighted by atomic mass is 10.2. The van der Waals surface area contributed by atoms with Gasteiger partial charge >= 0.3 is 11.8 Å². The Labute approximate surface area is 141 Å². The van der Waals surface area contributed by atoms with Crippen LogP contribution in [0.4, 0.5) is 10.1 Å². The summed E-state index contributed by atoms with van der Waals surface area (Å²) < 4.78 is 24.9. The van der Waals surface area contributed by atoms with Gasteiger partial charge in [-0.05, 0) is 23.8 Å². The zero-order valence-electron chi connectivity index (χ0n) is 12.8. The highest BCUT2D eigenvalue weighted by Crippen LogP contribution is 2.08. The molecule has 0 aliphatic heterocycles. The molecule has 2 N–H and O–H groups in total. The Bertz CT molecular complexity index is 738. The van der Waals surface area contributed by atoms with E-state index in [1.165, 1.54) is 18.2 Å². The SMILES string of the molecule is O=C(NCC[S@@](=O)Cc1ccccc1)C(=O)Nc1cccc(F)c1. The maximum atomic E-state index is 13.0. The van der Waals surface area contributed by atoms with Crippen LogP contribution in [-0.2, 0) is 26.1 Å². The highest BCUT2D eigenvalue weighted by Gasteiger charge is 2.13. The topological polar surface area (TPSA) is 75.3 Å². The summed E-state index contributed by atoms with van der Waals surface area (Å²) in [6.45, 7) is 0.120. The van der Waals surface area contributed by atoms with Gasteiger partial charge in [0.2, 0.25) is 0 Å². The van der Waals surface area contributed by atoms with Gasteiger partial charge in [0.1, 0.15) is 5.82 Å². The zero-order valence-corrected chi connectivity index (χ0v) is 13.6. The summed E-state index contributed by atoms with van der Waals surface area (Å²) in [5.74, 6) is -1.62. The second-order valence-electron chi connectivity index (χ2n) is 4.99. The lowest BCUT2D eigenvalue weighted by Gasteiger charge is -2.07. The second kappa shape index (κ2) is 8.93. The van der Waals surface area contributed by atoms with Crippen molar-refractivity contribution in [1.82, 2.24) is 5.32 Å². The molecule has 126 valence electrons. The quantitative estimate of drug-likeness (QED) is 0.782. The second-order valence-corrected chi connectivity index (χ2v) is 6.57. The van der Waals surface area contributed by atoms with Crippen molar-refractivity contribution < 1.29 is 18.2 Å². The first-order valence-corrected chi connectivity index (χ1v) is 8.77. The predicted molar refractivity (Wildman–Crippen MR) is 91.2 cm³/mol. The van der Waals surface area contributed by atoms with Gasteiger partial charge in [-0.25, -0.2) is 4.39 Å². The van der Waals surface area contributed by atoms with Crippen LogP contribution in [-0.4, -0.2) is 28.3 Å². The van der Waals surface area contributed by atoms with Gasteiger partial charge in [0.05, 0.1) is 0 Å². The first-order valence-electron chi connectivity index (χ1n) is 7.28. The van der Waals surface area contributed by atoms with Gasteiger partial charge in [-0.15, -0.1) is 0 Å². The third-order valence-electron chi connectivity index (χ3n) is 3.07. The molecule has 0 saturated carbocycles. The van der Waals surface area contributed by atoms with Crippen molar-refractivity contribution >= 4 is 28.3 Å². The number of halogens is 1. The molecular formula is C17H17FN2O3S. The number of nitrogens with one attached hydrogen (secondary N) is 2. The number of carbonyl (C=O) groups is 2. The fourth-order valence-corrected chi connectivity index (χ4v) is 2.98. The minimum absolute atomic E-state index is 0.120. The van der Waals surface area contributed by atoms with E-state index in [9.17, 15) is 18.2 Å². The Kier molecular flexibility index (Phi) is 6.62. The first-order chi connectivity index (χ1) is 11.5. The molecule has 0 fully saturated rings. The lowest BCUT2D eigenvalue weighted by molar-refractivity contribution is -0.136. The maximum Gasteiger partial charge on any atom is 0.313 e. The van der Waals surface area contributed by atoms with Crippen molar-refractivity contribution in [2.45, 2.75) is 5.75 Å². The molecule has 0 aromatic heterocycles. The third-order valence-corrected chi connectivity index (χ3v) is 4.39. The third kappa shape index (κ3) is 5.92. The molecule has 0 aliphatic carbocycles. The number of hydrogen-bond donors (Lipinski definition) is 2. The van der Waals surface area contributed by atoms with Crippen LogP contribution in [0.2, 0.25) is 0 Å². The lowest BCUT2D eigenvalue weighted by Crippen LogP contribution is -2.37. The van der Waals surface area contributed by atoms with Gasteiger partial charge in [0.25, 0.3) is 0 Å². The van der Waals surface area contributed by atoms with Crippen LogP contribution in [0.1, 0.15) is 5.56 Å². The molecule has 2 aromatic carbocycles. The van der Waals surface area contributed by atoms with E-state index in [1.807, 2.05) is 30.3 Å². The summed E-state index contributed by atoms with van der Waals surface area (Å²) in [6.07, 6.45) is 0. The van der Waals surface area contributed by atoms with Crippen molar-refractivity contribution in [3.63, 3.8) is 0 Å². The minimum Gasteiger partial charge on any atom is -0.347 e. The van der Waals surface area contributed by atoms with Crippen molar-refractivity contribution in [1.29, 1.82) is 0 Å². The van der Waals surface area contributed by atoms with Crippen LogP contribution < -0.4 is 10.6 Å². The molecule has 2 amide bonds. The van der Waals surface area contributed by atoms with Crippen LogP contribution in [0, 0.1) is 5.82 Å². The van der Waals surface area contributed by atoms with Gasteiger partial charge in [0, 0.05) is 34.5 Å².